The number of ether oxygens (including phenoxy) is 4. The molecule has 0 radical (unpaired) electrons. The Morgan fingerprint density at radius 1 is 1.13 bits per heavy atom. The van der Waals surface area contributed by atoms with Crippen molar-refractivity contribution in [1.82, 2.24) is 4.98 Å². The highest BCUT2D eigenvalue weighted by Crippen LogP contribution is 2.33. The molecule has 1 aromatic carbocycles. The summed E-state index contributed by atoms with van der Waals surface area (Å²) >= 11 is 3.25. The second-order valence-electron chi connectivity index (χ2n) is 4.45. The van der Waals surface area contributed by atoms with Gasteiger partial charge in [-0.3, -0.25) is 0 Å². The summed E-state index contributed by atoms with van der Waals surface area (Å²) in [5, 5.41) is 0. The topological polar surface area (TPSA) is 66.9 Å². The van der Waals surface area contributed by atoms with E-state index in [0.29, 0.717) is 17.0 Å². The predicted molar refractivity (Wildman–Crippen MR) is 87.2 cm³/mol. The van der Waals surface area contributed by atoms with E-state index in [9.17, 15) is 4.79 Å². The molecule has 23 heavy (non-hydrogen) atoms. The van der Waals surface area contributed by atoms with Gasteiger partial charge in [-0.1, -0.05) is 12.1 Å². The van der Waals surface area contributed by atoms with Gasteiger partial charge in [0.05, 0.1) is 21.3 Å². The summed E-state index contributed by atoms with van der Waals surface area (Å²) in [4.78, 5) is 15.9. The lowest BCUT2D eigenvalue weighted by molar-refractivity contribution is 0.0588. The van der Waals surface area contributed by atoms with Gasteiger partial charge in [-0.15, -0.1) is 0 Å². The molecule has 0 bridgehead atoms. The van der Waals surface area contributed by atoms with Crippen molar-refractivity contribution in [3.8, 4) is 17.2 Å². The molecular formula is C16H16BrNO5. The van der Waals surface area contributed by atoms with E-state index in [1.807, 2.05) is 24.3 Å². The molecular weight excluding hydrogens is 366 g/mol. The normalized spacial score (nSPS) is 10.1. The maximum Gasteiger partial charge on any atom is 0.360 e. The van der Waals surface area contributed by atoms with Crippen molar-refractivity contribution in [2.24, 2.45) is 0 Å². The minimum Gasteiger partial charge on any atom is -0.497 e. The minimum atomic E-state index is -0.600. The van der Waals surface area contributed by atoms with Crippen LogP contribution >= 0.6 is 15.9 Å². The number of nitrogens with zero attached hydrogens (tertiary/aromatic N) is 1. The summed E-state index contributed by atoms with van der Waals surface area (Å²) in [5.41, 5.74) is 0.995. The van der Waals surface area contributed by atoms with E-state index in [-0.39, 0.29) is 11.4 Å². The molecule has 0 saturated carbocycles. The number of hydrogen-bond donors (Lipinski definition) is 0. The summed E-state index contributed by atoms with van der Waals surface area (Å²) in [6.07, 6.45) is 0. The molecule has 2 aromatic rings. The van der Waals surface area contributed by atoms with Crippen LogP contribution in [0.3, 0.4) is 0 Å². The Hall–Kier alpha value is -2.28. The predicted octanol–water partition coefficient (Wildman–Crippen LogP) is 3.23. The Bertz CT molecular complexity index is 688. The number of benzene rings is 1. The van der Waals surface area contributed by atoms with Crippen LogP contribution in [-0.4, -0.2) is 32.3 Å². The molecule has 0 aliphatic heterocycles. The number of carbonyl (C=O) groups excluding carboxylic acids is 1. The van der Waals surface area contributed by atoms with Crippen molar-refractivity contribution in [2.75, 3.05) is 21.3 Å². The quantitative estimate of drug-likeness (QED) is 0.565. The van der Waals surface area contributed by atoms with Gasteiger partial charge in [0.25, 0.3) is 0 Å². The molecule has 0 unspecified atom stereocenters. The standard InChI is InChI=1S/C16H16BrNO5/c1-20-11-6-4-10(5-7-11)9-23-12-8-13(17)18-14(15(12)21-2)16(19)22-3/h4-8H,9H2,1-3H3. The molecule has 1 aromatic heterocycles. The summed E-state index contributed by atoms with van der Waals surface area (Å²) in [6, 6.07) is 9.11. The molecule has 2 rings (SSSR count). The van der Waals surface area contributed by atoms with Crippen LogP contribution in [0.25, 0.3) is 0 Å². The number of hydrogen-bond acceptors (Lipinski definition) is 6. The van der Waals surface area contributed by atoms with Crippen molar-refractivity contribution in [2.45, 2.75) is 6.61 Å². The molecule has 0 atom stereocenters. The van der Waals surface area contributed by atoms with E-state index >= 15 is 0 Å². The van der Waals surface area contributed by atoms with Crippen LogP contribution in [0.1, 0.15) is 16.1 Å². The molecule has 6 nitrogen and oxygen atoms in total. The van der Waals surface area contributed by atoms with Gasteiger partial charge in [-0.25, -0.2) is 9.78 Å². The van der Waals surface area contributed by atoms with E-state index in [1.54, 1.807) is 13.2 Å². The number of esters is 1. The van der Waals surface area contributed by atoms with E-state index in [4.69, 9.17) is 18.9 Å². The number of carbonyl (C=O) groups is 1. The highest BCUT2D eigenvalue weighted by molar-refractivity contribution is 9.10. The Balaban J connectivity index is 2.24. The molecule has 0 N–H and O–H groups in total. The monoisotopic (exact) mass is 381 g/mol. The van der Waals surface area contributed by atoms with Crippen LogP contribution in [0.15, 0.2) is 34.9 Å². The van der Waals surface area contributed by atoms with Crippen LogP contribution in [0.4, 0.5) is 0 Å². The number of aromatic nitrogens is 1. The zero-order valence-electron chi connectivity index (χ0n) is 13.0. The molecule has 122 valence electrons. The van der Waals surface area contributed by atoms with Gasteiger partial charge in [0.1, 0.15) is 17.0 Å². The molecule has 0 aliphatic rings. The average molecular weight is 382 g/mol. The molecule has 0 aliphatic carbocycles. The van der Waals surface area contributed by atoms with Crippen LogP contribution in [0.2, 0.25) is 0 Å². The second-order valence-corrected chi connectivity index (χ2v) is 5.27. The van der Waals surface area contributed by atoms with Gasteiger partial charge in [0.15, 0.2) is 17.2 Å². The lowest BCUT2D eigenvalue weighted by Gasteiger charge is -2.13. The molecule has 0 saturated heterocycles. The fourth-order valence-electron chi connectivity index (χ4n) is 1.90. The first-order valence-electron chi connectivity index (χ1n) is 6.67. The zero-order valence-corrected chi connectivity index (χ0v) is 14.5. The van der Waals surface area contributed by atoms with Gasteiger partial charge in [0.2, 0.25) is 0 Å². The average Bonchev–Trinajstić information content (AvgIpc) is 2.59. The lowest BCUT2D eigenvalue weighted by atomic mass is 10.2. The summed E-state index contributed by atoms with van der Waals surface area (Å²) in [6.45, 7) is 0.303. The van der Waals surface area contributed by atoms with Gasteiger partial charge in [-0.05, 0) is 33.6 Å². The highest BCUT2D eigenvalue weighted by atomic mass is 79.9. The smallest absolute Gasteiger partial charge is 0.360 e. The van der Waals surface area contributed by atoms with Crippen LogP contribution < -0.4 is 14.2 Å². The van der Waals surface area contributed by atoms with E-state index in [2.05, 4.69) is 20.9 Å². The number of pyridine rings is 1. The van der Waals surface area contributed by atoms with Crippen molar-refractivity contribution < 1.29 is 23.7 Å². The van der Waals surface area contributed by atoms with Crippen LogP contribution in [0.5, 0.6) is 17.2 Å². The van der Waals surface area contributed by atoms with Crippen molar-refractivity contribution in [3.05, 3.63) is 46.2 Å². The van der Waals surface area contributed by atoms with E-state index in [1.165, 1.54) is 14.2 Å². The first-order chi connectivity index (χ1) is 11.1. The third kappa shape index (κ3) is 4.13. The molecule has 7 heteroatoms. The number of methoxy groups -OCH3 is 3. The second kappa shape index (κ2) is 7.82. The fraction of sp³-hybridized carbons (Fsp3) is 0.250. The van der Waals surface area contributed by atoms with E-state index in [0.717, 1.165) is 11.3 Å². The summed E-state index contributed by atoms with van der Waals surface area (Å²) in [5.74, 6) is 0.794. The Morgan fingerprint density at radius 2 is 1.83 bits per heavy atom. The molecule has 0 amide bonds. The molecule has 0 fully saturated rings. The summed E-state index contributed by atoms with van der Waals surface area (Å²) in [7, 11) is 4.33. The maximum absolute atomic E-state index is 11.8. The SMILES string of the molecule is COC(=O)c1nc(Br)cc(OCc2ccc(OC)cc2)c1OC. The van der Waals surface area contributed by atoms with Gasteiger partial charge in [-0.2, -0.15) is 0 Å². The molecule has 0 spiro atoms. The Labute approximate surface area is 142 Å². The highest BCUT2D eigenvalue weighted by Gasteiger charge is 2.21. The third-order valence-electron chi connectivity index (χ3n) is 3.04. The third-order valence-corrected chi connectivity index (χ3v) is 3.45. The van der Waals surface area contributed by atoms with Crippen LogP contribution in [-0.2, 0) is 11.3 Å². The van der Waals surface area contributed by atoms with Gasteiger partial charge < -0.3 is 18.9 Å². The largest absolute Gasteiger partial charge is 0.497 e. The summed E-state index contributed by atoms with van der Waals surface area (Å²) < 4.78 is 21.3. The van der Waals surface area contributed by atoms with Crippen molar-refractivity contribution in [1.29, 1.82) is 0 Å². The molecule has 1 heterocycles. The Morgan fingerprint density at radius 3 is 2.39 bits per heavy atom. The van der Waals surface area contributed by atoms with Crippen LogP contribution in [0, 0.1) is 0 Å². The minimum absolute atomic E-state index is 0.0501. The first-order valence-corrected chi connectivity index (χ1v) is 7.47. The van der Waals surface area contributed by atoms with Crippen molar-refractivity contribution in [3.63, 3.8) is 0 Å². The zero-order chi connectivity index (χ0) is 16.8. The first kappa shape index (κ1) is 17.1. The van der Waals surface area contributed by atoms with E-state index < -0.39 is 5.97 Å². The fourth-order valence-corrected chi connectivity index (χ4v) is 2.29. The van der Waals surface area contributed by atoms with Crippen molar-refractivity contribution >= 4 is 21.9 Å². The lowest BCUT2D eigenvalue weighted by Crippen LogP contribution is -2.09. The number of halogens is 1. The maximum atomic E-state index is 11.8. The number of rotatable bonds is 6. The van der Waals surface area contributed by atoms with Gasteiger partial charge in [0, 0.05) is 6.07 Å². The van der Waals surface area contributed by atoms with Gasteiger partial charge >= 0.3 is 5.97 Å². The Kier molecular flexibility index (Phi) is 5.81.